The zero-order valence-corrected chi connectivity index (χ0v) is 17.8. The average molecular weight is 437 g/mol. The number of aromatic hydroxyl groups is 1. The Hall–Kier alpha value is -3.38. The van der Waals surface area contributed by atoms with E-state index in [1.165, 1.54) is 0 Å². The van der Waals surface area contributed by atoms with Crippen molar-refractivity contribution in [2.75, 3.05) is 14.2 Å². The number of ether oxygens (including phenoxy) is 3. The summed E-state index contributed by atoms with van der Waals surface area (Å²) in [6.45, 7) is 0. The summed E-state index contributed by atoms with van der Waals surface area (Å²) < 4.78 is 17.6. The Bertz CT molecular complexity index is 1180. The summed E-state index contributed by atoms with van der Waals surface area (Å²) in [5, 5.41) is 17.8. The number of hydrogen-bond acceptors (Lipinski definition) is 6. The number of nitrogens with zero attached hydrogens (tertiary/aromatic N) is 2. The molecule has 7 heteroatoms. The van der Waals surface area contributed by atoms with Crippen LogP contribution in [0.3, 0.4) is 0 Å². The number of rotatable bonds is 4. The first kappa shape index (κ1) is 19.6. The second-order valence-electron chi connectivity index (χ2n) is 7.40. The molecule has 0 fully saturated rings. The van der Waals surface area contributed by atoms with Gasteiger partial charge in [-0.15, -0.1) is 0 Å². The minimum atomic E-state index is -0.535. The molecule has 5 rings (SSSR count). The van der Waals surface area contributed by atoms with Crippen molar-refractivity contribution in [3.8, 4) is 23.0 Å². The molecule has 2 aliphatic heterocycles. The van der Waals surface area contributed by atoms with Crippen molar-refractivity contribution in [2.24, 2.45) is 5.10 Å². The van der Waals surface area contributed by atoms with Crippen molar-refractivity contribution >= 4 is 17.3 Å². The summed E-state index contributed by atoms with van der Waals surface area (Å²) in [5.74, 6) is 2.15. The van der Waals surface area contributed by atoms with Crippen molar-refractivity contribution in [1.29, 1.82) is 0 Å². The molecular weight excluding hydrogens is 416 g/mol. The quantitative estimate of drug-likeness (QED) is 0.600. The molecule has 0 radical (unpaired) electrons. The van der Waals surface area contributed by atoms with E-state index in [2.05, 4.69) is 0 Å². The fraction of sp³-hybridized carbons (Fsp3) is 0.208. The molecule has 0 saturated carbocycles. The minimum absolute atomic E-state index is 0.0991. The molecule has 158 valence electrons. The van der Waals surface area contributed by atoms with Gasteiger partial charge in [-0.1, -0.05) is 29.8 Å². The third kappa shape index (κ3) is 3.24. The Morgan fingerprint density at radius 1 is 1.03 bits per heavy atom. The van der Waals surface area contributed by atoms with E-state index < -0.39 is 6.23 Å². The Morgan fingerprint density at radius 2 is 1.87 bits per heavy atom. The number of halogens is 1. The normalized spacial score (nSPS) is 19.2. The fourth-order valence-electron chi connectivity index (χ4n) is 4.25. The highest BCUT2D eigenvalue weighted by molar-refractivity contribution is 6.30. The third-order valence-electron chi connectivity index (χ3n) is 5.67. The van der Waals surface area contributed by atoms with Gasteiger partial charge in [0.15, 0.2) is 11.5 Å². The predicted octanol–water partition coefficient (Wildman–Crippen LogP) is 5.31. The van der Waals surface area contributed by atoms with Gasteiger partial charge in [0.2, 0.25) is 6.23 Å². The summed E-state index contributed by atoms with van der Waals surface area (Å²) >= 11 is 6.30. The van der Waals surface area contributed by atoms with Crippen molar-refractivity contribution < 1.29 is 19.3 Å². The van der Waals surface area contributed by atoms with Crippen molar-refractivity contribution in [1.82, 2.24) is 5.01 Å². The van der Waals surface area contributed by atoms with Crippen LogP contribution < -0.4 is 14.2 Å². The molecule has 2 atom stereocenters. The largest absolute Gasteiger partial charge is 0.507 e. The number of phenols is 1. The number of fused-ring (bicyclic) bond motifs is 3. The second kappa shape index (κ2) is 7.71. The van der Waals surface area contributed by atoms with Gasteiger partial charge >= 0.3 is 0 Å². The van der Waals surface area contributed by atoms with Gasteiger partial charge in [-0.25, -0.2) is 5.01 Å². The van der Waals surface area contributed by atoms with E-state index in [1.807, 2.05) is 53.5 Å². The maximum atomic E-state index is 10.4. The Balaban J connectivity index is 1.66. The molecule has 0 saturated heterocycles. The number of para-hydroxylation sites is 2. The van der Waals surface area contributed by atoms with E-state index in [4.69, 9.17) is 30.9 Å². The van der Waals surface area contributed by atoms with E-state index >= 15 is 0 Å². The maximum absolute atomic E-state index is 10.4. The van der Waals surface area contributed by atoms with Crippen molar-refractivity contribution in [2.45, 2.75) is 18.7 Å². The van der Waals surface area contributed by atoms with Crippen LogP contribution in [0, 0.1) is 0 Å². The minimum Gasteiger partial charge on any atom is -0.507 e. The van der Waals surface area contributed by atoms with E-state index in [1.54, 1.807) is 26.4 Å². The SMILES string of the molecule is COc1cccc([C@H]2Oc3ccc(Cl)cc3[C@H]3CC(c4ccccc4O)=NN32)c1OC. The van der Waals surface area contributed by atoms with Crippen LogP contribution in [0.4, 0.5) is 0 Å². The molecule has 3 aromatic rings. The Morgan fingerprint density at radius 3 is 2.65 bits per heavy atom. The van der Waals surface area contributed by atoms with Gasteiger partial charge in [0, 0.05) is 22.6 Å². The summed E-state index contributed by atoms with van der Waals surface area (Å²) in [7, 11) is 3.21. The lowest BCUT2D eigenvalue weighted by Gasteiger charge is -2.38. The molecule has 6 nitrogen and oxygen atoms in total. The fourth-order valence-corrected chi connectivity index (χ4v) is 4.43. The lowest BCUT2D eigenvalue weighted by Crippen LogP contribution is -2.34. The van der Waals surface area contributed by atoms with Crippen LogP contribution in [0.1, 0.15) is 35.4 Å². The average Bonchev–Trinajstić information content (AvgIpc) is 3.24. The first-order chi connectivity index (χ1) is 15.1. The first-order valence-corrected chi connectivity index (χ1v) is 10.3. The molecule has 3 aromatic carbocycles. The maximum Gasteiger partial charge on any atom is 0.217 e. The van der Waals surface area contributed by atoms with E-state index in [9.17, 15) is 5.11 Å². The van der Waals surface area contributed by atoms with Crippen LogP contribution >= 0.6 is 11.6 Å². The number of phenolic OH excluding ortho intramolecular Hbond substituents is 1. The number of methoxy groups -OCH3 is 2. The second-order valence-corrected chi connectivity index (χ2v) is 7.84. The van der Waals surface area contributed by atoms with Crippen molar-refractivity contribution in [3.05, 3.63) is 82.4 Å². The van der Waals surface area contributed by atoms with E-state index in [0.717, 1.165) is 22.6 Å². The number of benzene rings is 3. The van der Waals surface area contributed by atoms with E-state index in [0.29, 0.717) is 28.5 Å². The van der Waals surface area contributed by atoms with Crippen LogP contribution in [0.25, 0.3) is 0 Å². The molecule has 0 bridgehead atoms. The molecule has 0 aliphatic carbocycles. The highest BCUT2D eigenvalue weighted by Gasteiger charge is 2.42. The summed E-state index contributed by atoms with van der Waals surface area (Å²) in [5.41, 5.74) is 3.25. The Labute approximate surface area is 185 Å². The standard InChI is InChI=1S/C24H21ClN2O4/c1-29-22-9-5-7-16(23(22)30-2)24-27-19(17-12-14(25)10-11-21(17)31-24)13-18(26-27)15-6-3-4-8-20(15)28/h3-12,19,24,28H,13H2,1-2H3/t19-,24-/m1/s1. The molecule has 2 heterocycles. The van der Waals surface area contributed by atoms with Gasteiger partial charge in [0.25, 0.3) is 0 Å². The smallest absolute Gasteiger partial charge is 0.217 e. The van der Waals surface area contributed by atoms with Gasteiger partial charge in [0.05, 0.1) is 31.5 Å². The van der Waals surface area contributed by atoms with Crippen LogP contribution in [-0.4, -0.2) is 30.0 Å². The third-order valence-corrected chi connectivity index (χ3v) is 5.90. The molecule has 2 aliphatic rings. The van der Waals surface area contributed by atoms with Crippen LogP contribution in [-0.2, 0) is 0 Å². The molecule has 31 heavy (non-hydrogen) atoms. The molecule has 0 amide bonds. The molecule has 0 unspecified atom stereocenters. The zero-order valence-electron chi connectivity index (χ0n) is 17.1. The van der Waals surface area contributed by atoms with Crippen molar-refractivity contribution in [3.63, 3.8) is 0 Å². The number of hydrazone groups is 1. The monoisotopic (exact) mass is 436 g/mol. The molecule has 0 aromatic heterocycles. The van der Waals surface area contributed by atoms with Gasteiger partial charge in [-0.3, -0.25) is 0 Å². The highest BCUT2D eigenvalue weighted by Crippen LogP contribution is 2.50. The van der Waals surface area contributed by atoms with Crippen LogP contribution in [0.5, 0.6) is 23.0 Å². The summed E-state index contributed by atoms with van der Waals surface area (Å²) in [4.78, 5) is 0. The van der Waals surface area contributed by atoms with Crippen LogP contribution in [0.15, 0.2) is 65.8 Å². The molecule has 1 N–H and O–H groups in total. The van der Waals surface area contributed by atoms with Gasteiger partial charge in [-0.2, -0.15) is 5.10 Å². The highest BCUT2D eigenvalue weighted by atomic mass is 35.5. The summed E-state index contributed by atoms with van der Waals surface area (Å²) in [6.07, 6.45) is 0.0731. The van der Waals surface area contributed by atoms with Crippen LogP contribution in [0.2, 0.25) is 5.02 Å². The zero-order chi connectivity index (χ0) is 21.5. The summed E-state index contributed by atoms with van der Waals surface area (Å²) in [6, 6.07) is 18.4. The number of hydrogen-bond donors (Lipinski definition) is 1. The Kier molecular flexibility index (Phi) is 4.87. The van der Waals surface area contributed by atoms with Gasteiger partial charge < -0.3 is 19.3 Å². The lowest BCUT2D eigenvalue weighted by atomic mass is 9.95. The van der Waals surface area contributed by atoms with Gasteiger partial charge in [-0.05, 0) is 42.5 Å². The predicted molar refractivity (Wildman–Crippen MR) is 118 cm³/mol. The topological polar surface area (TPSA) is 63.5 Å². The first-order valence-electron chi connectivity index (χ1n) is 9.92. The van der Waals surface area contributed by atoms with E-state index in [-0.39, 0.29) is 11.8 Å². The molecule has 0 spiro atoms. The molecular formula is C24H21ClN2O4. The lowest BCUT2D eigenvalue weighted by molar-refractivity contribution is -0.0205. The van der Waals surface area contributed by atoms with Gasteiger partial charge in [0.1, 0.15) is 11.5 Å².